The molecule has 88 valence electrons. The normalized spacial score (nSPS) is 12.2. The highest BCUT2D eigenvalue weighted by Gasteiger charge is 2.04. The third kappa shape index (κ3) is 3.35. The fourth-order valence-corrected chi connectivity index (χ4v) is 1.46. The molecule has 1 atom stereocenters. The lowest BCUT2D eigenvalue weighted by molar-refractivity contribution is 0.197. The Morgan fingerprint density at radius 2 is 2.25 bits per heavy atom. The molecule has 0 bridgehead atoms. The molecule has 0 spiro atoms. The van der Waals surface area contributed by atoms with Gasteiger partial charge >= 0.3 is 0 Å². The maximum atomic E-state index is 9.17. The molecule has 0 fully saturated rings. The fraction of sp³-hybridized carbons (Fsp3) is 0.462. The minimum absolute atomic E-state index is 0.382. The van der Waals surface area contributed by atoms with Crippen molar-refractivity contribution in [2.45, 2.75) is 33.3 Å². The van der Waals surface area contributed by atoms with E-state index in [4.69, 9.17) is 5.11 Å². The highest BCUT2D eigenvalue weighted by molar-refractivity contribution is 5.58. The Hall–Kier alpha value is -1.35. The summed E-state index contributed by atoms with van der Waals surface area (Å²) >= 11 is 0. The van der Waals surface area contributed by atoms with Crippen molar-refractivity contribution in [2.75, 3.05) is 6.54 Å². The van der Waals surface area contributed by atoms with Gasteiger partial charge in [-0.15, -0.1) is 0 Å². The predicted octanol–water partition coefficient (Wildman–Crippen LogP) is 1.89. The predicted molar refractivity (Wildman–Crippen MR) is 67.1 cm³/mol. The Morgan fingerprint density at radius 1 is 1.56 bits per heavy atom. The van der Waals surface area contributed by atoms with E-state index < -0.39 is 0 Å². The summed E-state index contributed by atoms with van der Waals surface area (Å²) in [5, 5.41) is 12.2. The standard InChI is InChI=1S/C13H20N2O/c1-5-12-9(2)6-7-13(15-12)11(4)14-8-10(3)16/h6-7,10,14,16H,4-5,8H2,1-3H3/t10-/m0/s1. The molecule has 0 saturated heterocycles. The van der Waals surface area contributed by atoms with Gasteiger partial charge in [-0.2, -0.15) is 0 Å². The van der Waals surface area contributed by atoms with Crippen LogP contribution in [-0.4, -0.2) is 22.7 Å². The number of aliphatic hydroxyl groups excluding tert-OH is 1. The average molecular weight is 220 g/mol. The fourth-order valence-electron chi connectivity index (χ4n) is 1.46. The smallest absolute Gasteiger partial charge is 0.0858 e. The van der Waals surface area contributed by atoms with Gasteiger partial charge in [0.1, 0.15) is 0 Å². The third-order valence-corrected chi connectivity index (χ3v) is 2.46. The second kappa shape index (κ2) is 5.66. The number of nitrogens with one attached hydrogen (secondary N) is 1. The molecule has 3 nitrogen and oxygen atoms in total. The zero-order valence-electron chi connectivity index (χ0n) is 10.2. The molecule has 2 N–H and O–H groups in total. The first-order valence-electron chi connectivity index (χ1n) is 5.62. The number of hydrogen-bond acceptors (Lipinski definition) is 3. The van der Waals surface area contributed by atoms with Crippen LogP contribution >= 0.6 is 0 Å². The first kappa shape index (κ1) is 12.7. The average Bonchev–Trinajstić information content (AvgIpc) is 2.26. The van der Waals surface area contributed by atoms with Crippen LogP contribution in [0.2, 0.25) is 0 Å². The molecular weight excluding hydrogens is 200 g/mol. The van der Waals surface area contributed by atoms with Crippen LogP contribution < -0.4 is 5.32 Å². The van der Waals surface area contributed by atoms with E-state index in [2.05, 4.69) is 36.8 Å². The molecule has 0 aliphatic carbocycles. The summed E-state index contributed by atoms with van der Waals surface area (Å²) in [5.74, 6) is 0. The van der Waals surface area contributed by atoms with Crippen molar-refractivity contribution in [3.8, 4) is 0 Å². The molecule has 0 aliphatic heterocycles. The number of rotatable bonds is 5. The number of hydrogen-bond donors (Lipinski definition) is 2. The highest BCUT2D eigenvalue weighted by Crippen LogP contribution is 2.11. The van der Waals surface area contributed by atoms with Crippen molar-refractivity contribution in [3.63, 3.8) is 0 Å². The van der Waals surface area contributed by atoms with Crippen molar-refractivity contribution in [1.29, 1.82) is 0 Å². The van der Waals surface area contributed by atoms with Crippen LogP contribution in [0.5, 0.6) is 0 Å². The summed E-state index contributed by atoms with van der Waals surface area (Å²) in [5.41, 5.74) is 3.91. The van der Waals surface area contributed by atoms with Gasteiger partial charge in [-0.1, -0.05) is 19.6 Å². The molecule has 1 rings (SSSR count). The summed E-state index contributed by atoms with van der Waals surface area (Å²) in [7, 11) is 0. The number of nitrogens with zero attached hydrogens (tertiary/aromatic N) is 1. The van der Waals surface area contributed by atoms with E-state index in [0.29, 0.717) is 6.54 Å². The molecule has 3 heteroatoms. The van der Waals surface area contributed by atoms with Crippen LogP contribution in [0, 0.1) is 6.92 Å². The van der Waals surface area contributed by atoms with E-state index in [1.165, 1.54) is 5.56 Å². The van der Waals surface area contributed by atoms with Crippen molar-refractivity contribution in [2.24, 2.45) is 0 Å². The van der Waals surface area contributed by atoms with E-state index in [1.54, 1.807) is 6.92 Å². The molecule has 0 aromatic carbocycles. The highest BCUT2D eigenvalue weighted by atomic mass is 16.3. The number of aryl methyl sites for hydroxylation is 2. The first-order chi connectivity index (χ1) is 7.54. The van der Waals surface area contributed by atoms with E-state index >= 15 is 0 Å². The third-order valence-electron chi connectivity index (χ3n) is 2.46. The van der Waals surface area contributed by atoms with Crippen LogP contribution in [0.15, 0.2) is 18.7 Å². The molecule has 0 radical (unpaired) electrons. The zero-order chi connectivity index (χ0) is 12.1. The van der Waals surface area contributed by atoms with Crippen molar-refractivity contribution >= 4 is 5.70 Å². The van der Waals surface area contributed by atoms with Gasteiger partial charge in [0.05, 0.1) is 17.5 Å². The Bertz CT molecular complexity index is 372. The molecule has 16 heavy (non-hydrogen) atoms. The van der Waals surface area contributed by atoms with Crippen molar-refractivity contribution in [1.82, 2.24) is 10.3 Å². The molecule has 0 amide bonds. The second-order valence-corrected chi connectivity index (χ2v) is 4.02. The van der Waals surface area contributed by atoms with Crippen LogP contribution in [-0.2, 0) is 6.42 Å². The molecular formula is C13H20N2O. The lowest BCUT2D eigenvalue weighted by Crippen LogP contribution is -2.23. The van der Waals surface area contributed by atoms with Crippen LogP contribution in [0.3, 0.4) is 0 Å². The van der Waals surface area contributed by atoms with Crippen LogP contribution in [0.1, 0.15) is 30.8 Å². The molecule has 1 aromatic rings. The van der Waals surface area contributed by atoms with E-state index in [9.17, 15) is 0 Å². The zero-order valence-corrected chi connectivity index (χ0v) is 10.2. The van der Waals surface area contributed by atoms with Gasteiger partial charge in [-0.25, -0.2) is 0 Å². The van der Waals surface area contributed by atoms with Gasteiger partial charge in [0, 0.05) is 12.2 Å². The van der Waals surface area contributed by atoms with Crippen molar-refractivity contribution < 1.29 is 5.11 Å². The van der Waals surface area contributed by atoms with Gasteiger partial charge in [0.15, 0.2) is 0 Å². The van der Waals surface area contributed by atoms with E-state index in [1.807, 2.05) is 6.07 Å². The van der Waals surface area contributed by atoms with Crippen LogP contribution in [0.4, 0.5) is 0 Å². The molecule has 0 saturated carbocycles. The van der Waals surface area contributed by atoms with Gasteiger partial charge < -0.3 is 10.4 Å². The van der Waals surface area contributed by atoms with Gasteiger partial charge in [-0.3, -0.25) is 4.98 Å². The number of aliphatic hydroxyl groups is 1. The minimum Gasteiger partial charge on any atom is -0.392 e. The lowest BCUT2D eigenvalue weighted by atomic mass is 10.1. The first-order valence-corrected chi connectivity index (χ1v) is 5.62. The Kier molecular flexibility index (Phi) is 4.50. The largest absolute Gasteiger partial charge is 0.392 e. The van der Waals surface area contributed by atoms with Crippen LogP contribution in [0.25, 0.3) is 5.70 Å². The summed E-state index contributed by atoms with van der Waals surface area (Å²) in [6.45, 7) is 10.3. The summed E-state index contributed by atoms with van der Waals surface area (Å²) in [6, 6.07) is 4.00. The summed E-state index contributed by atoms with van der Waals surface area (Å²) < 4.78 is 0. The van der Waals surface area contributed by atoms with Crippen molar-refractivity contribution in [3.05, 3.63) is 35.7 Å². The Morgan fingerprint density at radius 3 is 2.81 bits per heavy atom. The van der Waals surface area contributed by atoms with E-state index in [-0.39, 0.29) is 6.10 Å². The monoisotopic (exact) mass is 220 g/mol. The molecule has 0 aliphatic rings. The Balaban J connectivity index is 2.76. The summed E-state index contributed by atoms with van der Waals surface area (Å²) in [6.07, 6.45) is 0.538. The maximum Gasteiger partial charge on any atom is 0.0858 e. The Labute approximate surface area is 97.2 Å². The molecule has 0 unspecified atom stereocenters. The molecule has 1 heterocycles. The maximum absolute atomic E-state index is 9.17. The second-order valence-electron chi connectivity index (χ2n) is 4.02. The lowest BCUT2D eigenvalue weighted by Gasteiger charge is -2.12. The number of aromatic nitrogens is 1. The summed E-state index contributed by atoms with van der Waals surface area (Å²) in [4.78, 5) is 4.52. The van der Waals surface area contributed by atoms with Gasteiger partial charge in [0.25, 0.3) is 0 Å². The quantitative estimate of drug-likeness (QED) is 0.796. The van der Waals surface area contributed by atoms with Gasteiger partial charge in [0.2, 0.25) is 0 Å². The SMILES string of the molecule is C=C(NC[C@H](C)O)c1ccc(C)c(CC)n1. The number of pyridine rings is 1. The van der Waals surface area contributed by atoms with Gasteiger partial charge in [-0.05, 0) is 31.9 Å². The topological polar surface area (TPSA) is 45.1 Å². The molecule has 1 aromatic heterocycles. The minimum atomic E-state index is -0.382. The van der Waals surface area contributed by atoms with E-state index in [0.717, 1.165) is 23.5 Å².